The van der Waals surface area contributed by atoms with Gasteiger partial charge in [-0.1, -0.05) is 83.9 Å². The monoisotopic (exact) mass is 667 g/mol. The summed E-state index contributed by atoms with van der Waals surface area (Å²) in [7, 11) is -2.75. The number of rotatable bonds is 13. The molecule has 0 aliphatic carbocycles. The van der Waals surface area contributed by atoms with E-state index >= 15 is 0 Å². The lowest BCUT2D eigenvalue weighted by molar-refractivity contribution is -0.140. The lowest BCUT2D eigenvalue weighted by Gasteiger charge is -2.34. The lowest BCUT2D eigenvalue weighted by atomic mass is 10.0. The summed E-state index contributed by atoms with van der Waals surface area (Å²) in [6.07, 6.45) is 0.192. The molecule has 0 aliphatic heterocycles. The molecule has 11 heteroatoms. The van der Waals surface area contributed by atoms with Crippen molar-refractivity contribution >= 4 is 50.7 Å². The van der Waals surface area contributed by atoms with Crippen LogP contribution in [0.2, 0.25) is 10.0 Å². The second kappa shape index (κ2) is 15.3. The number of methoxy groups -OCH3 is 1. The number of ether oxygens (including phenoxy) is 1. The Labute approximate surface area is 274 Å². The van der Waals surface area contributed by atoms with Crippen LogP contribution in [-0.4, -0.2) is 50.9 Å². The zero-order valence-electron chi connectivity index (χ0n) is 25.2. The predicted octanol–water partition coefficient (Wildman–Crippen LogP) is 6.36. The van der Waals surface area contributed by atoms with Crippen molar-refractivity contribution in [1.82, 2.24) is 10.2 Å². The number of carbonyl (C=O) groups excluding carboxylic acids is 2. The summed E-state index contributed by atoms with van der Waals surface area (Å²) in [5.74, 6) is -0.552. The number of halogens is 2. The normalized spacial score (nSPS) is 12.0. The molecule has 0 bridgehead atoms. The predicted molar refractivity (Wildman–Crippen MR) is 178 cm³/mol. The fraction of sp³-hybridized carbons (Fsp3) is 0.235. The molecular weight excluding hydrogens is 633 g/mol. The van der Waals surface area contributed by atoms with Gasteiger partial charge < -0.3 is 15.0 Å². The number of sulfonamides is 1. The molecule has 4 aromatic carbocycles. The van der Waals surface area contributed by atoms with E-state index in [4.69, 9.17) is 27.9 Å². The van der Waals surface area contributed by atoms with Crippen molar-refractivity contribution in [3.63, 3.8) is 0 Å². The largest absolute Gasteiger partial charge is 0.497 e. The van der Waals surface area contributed by atoms with Gasteiger partial charge in [-0.3, -0.25) is 13.9 Å². The highest BCUT2D eigenvalue weighted by molar-refractivity contribution is 7.92. The van der Waals surface area contributed by atoms with E-state index in [9.17, 15) is 18.0 Å². The molecule has 0 aromatic heterocycles. The highest BCUT2D eigenvalue weighted by Crippen LogP contribution is 2.29. The van der Waals surface area contributed by atoms with Gasteiger partial charge in [-0.05, 0) is 61.4 Å². The number of hydrogen-bond acceptors (Lipinski definition) is 5. The maximum Gasteiger partial charge on any atom is 0.264 e. The SMILES string of the molecule is COc1cccc(N(CC(=O)N(Cc2ccc(Cl)c(Cl)c2)[C@@H](Cc2ccccc2)C(=O)NC(C)C)S(=O)(=O)c2ccccc2)c1. The summed E-state index contributed by atoms with van der Waals surface area (Å²) in [5.41, 5.74) is 1.68. The van der Waals surface area contributed by atoms with Crippen molar-refractivity contribution in [3.05, 3.63) is 124 Å². The minimum absolute atomic E-state index is 0.00930. The van der Waals surface area contributed by atoms with Crippen molar-refractivity contribution in [3.8, 4) is 5.75 Å². The van der Waals surface area contributed by atoms with E-state index in [1.165, 1.54) is 24.1 Å². The Balaban J connectivity index is 1.82. The van der Waals surface area contributed by atoms with Crippen LogP contribution in [0.5, 0.6) is 5.75 Å². The fourth-order valence-corrected chi connectivity index (χ4v) is 6.53. The smallest absolute Gasteiger partial charge is 0.264 e. The van der Waals surface area contributed by atoms with Gasteiger partial charge in [-0.2, -0.15) is 0 Å². The van der Waals surface area contributed by atoms with Crippen LogP contribution in [0.25, 0.3) is 0 Å². The zero-order valence-corrected chi connectivity index (χ0v) is 27.5. The minimum atomic E-state index is -4.23. The van der Waals surface area contributed by atoms with Gasteiger partial charge in [0.15, 0.2) is 0 Å². The molecule has 4 aromatic rings. The summed E-state index contributed by atoms with van der Waals surface area (Å²) in [6.45, 7) is 3.04. The summed E-state index contributed by atoms with van der Waals surface area (Å²) < 4.78 is 34.5. The number of carbonyl (C=O) groups is 2. The van der Waals surface area contributed by atoms with E-state index in [0.717, 1.165) is 9.87 Å². The van der Waals surface area contributed by atoms with E-state index < -0.39 is 28.5 Å². The Bertz CT molecular complexity index is 1720. The number of nitrogens with zero attached hydrogens (tertiary/aromatic N) is 2. The molecule has 0 aliphatic rings. The Kier molecular flexibility index (Phi) is 11.5. The van der Waals surface area contributed by atoms with Crippen LogP contribution in [0.4, 0.5) is 5.69 Å². The van der Waals surface area contributed by atoms with E-state index in [2.05, 4.69) is 5.32 Å². The number of anilines is 1. The lowest BCUT2D eigenvalue weighted by Crippen LogP contribution is -2.54. The van der Waals surface area contributed by atoms with Gasteiger partial charge in [0.25, 0.3) is 10.0 Å². The third kappa shape index (κ3) is 8.78. The van der Waals surface area contributed by atoms with Gasteiger partial charge >= 0.3 is 0 Å². The molecule has 0 unspecified atom stereocenters. The first kappa shape index (κ1) is 33.8. The molecule has 45 heavy (non-hydrogen) atoms. The number of amides is 2. The first-order chi connectivity index (χ1) is 21.5. The standard InChI is InChI=1S/C34H35Cl2N3O5S/c1-24(2)37-34(41)32(20-25-11-6-4-7-12-25)38(22-26-17-18-30(35)31(36)19-26)33(40)23-39(27-13-10-14-28(21-27)44-3)45(42,43)29-15-8-5-9-16-29/h4-19,21,24,32H,20,22-23H2,1-3H3,(H,37,41)/t32-/m0/s1. The van der Waals surface area contributed by atoms with E-state index in [1.54, 1.807) is 60.7 Å². The van der Waals surface area contributed by atoms with Crippen LogP contribution < -0.4 is 14.4 Å². The molecule has 1 atom stereocenters. The van der Waals surface area contributed by atoms with Gasteiger partial charge in [-0.25, -0.2) is 8.42 Å². The maximum absolute atomic E-state index is 14.5. The van der Waals surface area contributed by atoms with Crippen LogP contribution >= 0.6 is 23.2 Å². The molecule has 0 saturated heterocycles. The minimum Gasteiger partial charge on any atom is -0.497 e. The highest BCUT2D eigenvalue weighted by atomic mass is 35.5. The van der Waals surface area contributed by atoms with Crippen molar-refractivity contribution in [2.75, 3.05) is 18.0 Å². The van der Waals surface area contributed by atoms with Crippen LogP contribution in [0.1, 0.15) is 25.0 Å². The van der Waals surface area contributed by atoms with Crippen LogP contribution in [0.3, 0.4) is 0 Å². The molecule has 0 fully saturated rings. The molecule has 2 amide bonds. The fourth-order valence-electron chi connectivity index (χ4n) is 4.78. The number of hydrogen-bond donors (Lipinski definition) is 1. The Morgan fingerprint density at radius 1 is 0.822 bits per heavy atom. The van der Waals surface area contributed by atoms with Gasteiger partial charge in [0, 0.05) is 25.1 Å². The topological polar surface area (TPSA) is 96.0 Å². The van der Waals surface area contributed by atoms with E-state index in [1.807, 2.05) is 44.2 Å². The van der Waals surface area contributed by atoms with Crippen molar-refractivity contribution in [2.45, 2.75) is 43.8 Å². The molecule has 0 saturated carbocycles. The molecular formula is C34H35Cl2N3O5S. The number of benzene rings is 4. The summed E-state index contributed by atoms with van der Waals surface area (Å²) in [4.78, 5) is 29.7. The summed E-state index contributed by atoms with van der Waals surface area (Å²) in [6, 6.07) is 27.4. The third-order valence-corrected chi connectivity index (χ3v) is 9.52. The molecule has 1 N–H and O–H groups in total. The molecule has 0 spiro atoms. The first-order valence-electron chi connectivity index (χ1n) is 14.3. The third-order valence-electron chi connectivity index (χ3n) is 6.99. The van der Waals surface area contributed by atoms with E-state index in [-0.39, 0.29) is 40.5 Å². The average molecular weight is 669 g/mol. The van der Waals surface area contributed by atoms with Gasteiger partial charge in [0.2, 0.25) is 11.8 Å². The zero-order chi connectivity index (χ0) is 32.6. The van der Waals surface area contributed by atoms with Crippen LogP contribution in [-0.2, 0) is 32.6 Å². The Hall–Kier alpha value is -4.05. The quantitative estimate of drug-likeness (QED) is 0.179. The van der Waals surface area contributed by atoms with Gasteiger partial charge in [-0.15, -0.1) is 0 Å². The van der Waals surface area contributed by atoms with Crippen molar-refractivity contribution < 1.29 is 22.7 Å². The second-order valence-electron chi connectivity index (χ2n) is 10.7. The van der Waals surface area contributed by atoms with E-state index in [0.29, 0.717) is 16.3 Å². The summed E-state index contributed by atoms with van der Waals surface area (Å²) in [5, 5.41) is 3.56. The van der Waals surface area contributed by atoms with Gasteiger partial charge in [0.1, 0.15) is 18.3 Å². The number of nitrogens with one attached hydrogen (secondary N) is 1. The molecule has 0 radical (unpaired) electrons. The Morgan fingerprint density at radius 2 is 1.49 bits per heavy atom. The van der Waals surface area contributed by atoms with Crippen molar-refractivity contribution in [1.29, 1.82) is 0 Å². The average Bonchev–Trinajstić information content (AvgIpc) is 3.03. The Morgan fingerprint density at radius 3 is 2.11 bits per heavy atom. The second-order valence-corrected chi connectivity index (χ2v) is 13.3. The van der Waals surface area contributed by atoms with Crippen LogP contribution in [0, 0.1) is 0 Å². The molecule has 0 heterocycles. The van der Waals surface area contributed by atoms with Crippen molar-refractivity contribution in [2.24, 2.45) is 0 Å². The summed E-state index contributed by atoms with van der Waals surface area (Å²) >= 11 is 12.5. The first-order valence-corrected chi connectivity index (χ1v) is 16.5. The van der Waals surface area contributed by atoms with Crippen LogP contribution in [0.15, 0.2) is 108 Å². The molecule has 236 valence electrons. The maximum atomic E-state index is 14.5. The molecule has 4 rings (SSSR count). The molecule has 8 nitrogen and oxygen atoms in total. The highest BCUT2D eigenvalue weighted by Gasteiger charge is 2.35. The van der Waals surface area contributed by atoms with Gasteiger partial charge in [0.05, 0.1) is 27.7 Å².